The van der Waals surface area contributed by atoms with Gasteiger partial charge in [0.2, 0.25) is 5.91 Å². The van der Waals surface area contributed by atoms with E-state index in [4.69, 9.17) is 5.73 Å². The van der Waals surface area contributed by atoms with E-state index < -0.39 is 17.4 Å². The number of anilines is 1. The fourth-order valence-corrected chi connectivity index (χ4v) is 1.93. The molecule has 6 heteroatoms. The zero-order valence-electron chi connectivity index (χ0n) is 10.0. The molecule has 4 amide bonds. The van der Waals surface area contributed by atoms with Gasteiger partial charge in [-0.15, -0.1) is 0 Å². The molecule has 1 aromatic carbocycles. The maximum absolute atomic E-state index is 11.8. The maximum Gasteiger partial charge on any atom is 0.316 e. The maximum atomic E-state index is 11.8. The smallest absolute Gasteiger partial charge is 0.316 e. The van der Waals surface area contributed by atoms with E-state index in [1.54, 1.807) is 32.0 Å². The summed E-state index contributed by atoms with van der Waals surface area (Å²) < 4.78 is 0. The molecule has 0 fully saturated rings. The van der Waals surface area contributed by atoms with E-state index in [2.05, 4.69) is 10.6 Å². The standard InChI is InChI=1S/C12H13N3O3/c1-12(2)8-5-6(14-11(13)18)3-4-7(8)9(16)15-10(12)17/h3-5H,1-2H3,(H3,13,14,18)(H,15,16,17). The van der Waals surface area contributed by atoms with Gasteiger partial charge in [0.15, 0.2) is 0 Å². The summed E-state index contributed by atoms with van der Waals surface area (Å²) in [5.41, 5.74) is 5.64. The van der Waals surface area contributed by atoms with Crippen molar-refractivity contribution in [2.45, 2.75) is 19.3 Å². The van der Waals surface area contributed by atoms with E-state index in [-0.39, 0.29) is 5.91 Å². The second-order valence-corrected chi connectivity index (χ2v) is 4.66. The van der Waals surface area contributed by atoms with Crippen LogP contribution >= 0.6 is 0 Å². The van der Waals surface area contributed by atoms with Crippen LogP contribution in [0.15, 0.2) is 18.2 Å². The number of primary amides is 1. The number of hydrogen-bond donors (Lipinski definition) is 3. The molecule has 1 heterocycles. The third-order valence-electron chi connectivity index (χ3n) is 3.00. The fourth-order valence-electron chi connectivity index (χ4n) is 1.93. The third-order valence-corrected chi connectivity index (χ3v) is 3.00. The highest BCUT2D eigenvalue weighted by Gasteiger charge is 2.39. The average molecular weight is 247 g/mol. The van der Waals surface area contributed by atoms with Crippen molar-refractivity contribution in [3.05, 3.63) is 29.3 Å². The van der Waals surface area contributed by atoms with Crippen LogP contribution in [0.4, 0.5) is 10.5 Å². The Kier molecular flexibility index (Phi) is 2.58. The number of amides is 4. The van der Waals surface area contributed by atoms with Crippen molar-refractivity contribution in [1.82, 2.24) is 5.32 Å². The van der Waals surface area contributed by atoms with Crippen LogP contribution in [0.25, 0.3) is 0 Å². The minimum Gasteiger partial charge on any atom is -0.351 e. The molecular formula is C12H13N3O3. The molecule has 0 spiro atoms. The van der Waals surface area contributed by atoms with Crippen LogP contribution in [0.1, 0.15) is 29.8 Å². The molecule has 0 aliphatic carbocycles. The Hall–Kier alpha value is -2.37. The lowest BCUT2D eigenvalue weighted by molar-refractivity contribution is -0.125. The van der Waals surface area contributed by atoms with E-state index in [1.165, 1.54) is 0 Å². The summed E-state index contributed by atoms with van der Waals surface area (Å²) in [6.07, 6.45) is 0. The van der Waals surface area contributed by atoms with Crippen molar-refractivity contribution in [1.29, 1.82) is 0 Å². The number of hydrogen-bond acceptors (Lipinski definition) is 3. The first-order chi connectivity index (χ1) is 8.32. The van der Waals surface area contributed by atoms with Crippen LogP contribution in [0.2, 0.25) is 0 Å². The first-order valence-corrected chi connectivity index (χ1v) is 5.39. The molecule has 18 heavy (non-hydrogen) atoms. The molecule has 1 aliphatic rings. The van der Waals surface area contributed by atoms with Gasteiger partial charge in [0.05, 0.1) is 5.41 Å². The highest BCUT2D eigenvalue weighted by Crippen LogP contribution is 2.32. The first kappa shape index (κ1) is 12.1. The molecular weight excluding hydrogens is 234 g/mol. The predicted molar refractivity (Wildman–Crippen MR) is 65.1 cm³/mol. The molecule has 94 valence electrons. The summed E-state index contributed by atoms with van der Waals surface area (Å²) >= 11 is 0. The number of nitrogens with one attached hydrogen (secondary N) is 2. The Bertz CT molecular complexity index is 564. The molecule has 1 aromatic rings. The molecule has 0 unspecified atom stereocenters. The second kappa shape index (κ2) is 3.83. The molecule has 0 aromatic heterocycles. The van der Waals surface area contributed by atoms with Gasteiger partial charge < -0.3 is 11.1 Å². The number of nitrogens with two attached hydrogens (primary N) is 1. The molecule has 0 saturated heterocycles. The first-order valence-electron chi connectivity index (χ1n) is 5.39. The monoisotopic (exact) mass is 247 g/mol. The van der Waals surface area contributed by atoms with Gasteiger partial charge in [0.25, 0.3) is 5.91 Å². The second-order valence-electron chi connectivity index (χ2n) is 4.66. The van der Waals surface area contributed by atoms with Crippen LogP contribution in [0.5, 0.6) is 0 Å². The lowest BCUT2D eigenvalue weighted by atomic mass is 9.78. The lowest BCUT2D eigenvalue weighted by Crippen LogP contribution is -2.48. The number of carbonyl (C=O) groups is 3. The Balaban J connectivity index is 2.55. The topological polar surface area (TPSA) is 101 Å². The number of benzene rings is 1. The SMILES string of the molecule is CC1(C)C(=O)NC(=O)c2ccc(NC(N)=O)cc21. The average Bonchev–Trinajstić information content (AvgIpc) is 2.26. The Morgan fingerprint density at radius 1 is 1.33 bits per heavy atom. The Labute approximate surface area is 104 Å². The van der Waals surface area contributed by atoms with Gasteiger partial charge >= 0.3 is 6.03 Å². The van der Waals surface area contributed by atoms with E-state index in [1.807, 2.05) is 0 Å². The third kappa shape index (κ3) is 1.81. The Morgan fingerprint density at radius 2 is 2.00 bits per heavy atom. The molecule has 0 radical (unpaired) electrons. The summed E-state index contributed by atoms with van der Waals surface area (Å²) in [5.74, 6) is -0.795. The predicted octanol–water partition coefficient (Wildman–Crippen LogP) is 0.725. The van der Waals surface area contributed by atoms with Crippen LogP contribution in [-0.4, -0.2) is 17.8 Å². The number of carbonyl (C=O) groups excluding carboxylic acids is 3. The van der Waals surface area contributed by atoms with Crippen LogP contribution in [0.3, 0.4) is 0 Å². The van der Waals surface area contributed by atoms with Gasteiger partial charge in [-0.05, 0) is 37.6 Å². The van der Waals surface area contributed by atoms with Crippen LogP contribution in [0, 0.1) is 0 Å². The quantitative estimate of drug-likeness (QED) is 0.637. The Morgan fingerprint density at radius 3 is 2.61 bits per heavy atom. The molecule has 0 atom stereocenters. The molecule has 0 saturated carbocycles. The van der Waals surface area contributed by atoms with Gasteiger partial charge in [0, 0.05) is 11.3 Å². The van der Waals surface area contributed by atoms with Crippen molar-refractivity contribution in [3.8, 4) is 0 Å². The number of fused-ring (bicyclic) bond motifs is 1. The van der Waals surface area contributed by atoms with Gasteiger partial charge in [0.1, 0.15) is 0 Å². The molecule has 2 rings (SSSR count). The van der Waals surface area contributed by atoms with Crippen molar-refractivity contribution in [3.63, 3.8) is 0 Å². The zero-order valence-corrected chi connectivity index (χ0v) is 10.0. The van der Waals surface area contributed by atoms with Gasteiger partial charge in [-0.1, -0.05) is 0 Å². The molecule has 0 bridgehead atoms. The summed E-state index contributed by atoms with van der Waals surface area (Å²) in [6.45, 7) is 3.42. The highest BCUT2D eigenvalue weighted by molar-refractivity contribution is 6.13. The van der Waals surface area contributed by atoms with Crippen molar-refractivity contribution < 1.29 is 14.4 Å². The van der Waals surface area contributed by atoms with E-state index in [9.17, 15) is 14.4 Å². The normalized spacial score (nSPS) is 16.8. The van der Waals surface area contributed by atoms with Gasteiger partial charge in [-0.2, -0.15) is 0 Å². The molecule has 4 N–H and O–H groups in total. The van der Waals surface area contributed by atoms with Crippen LogP contribution < -0.4 is 16.4 Å². The number of rotatable bonds is 1. The van der Waals surface area contributed by atoms with Crippen molar-refractivity contribution in [2.24, 2.45) is 5.73 Å². The van der Waals surface area contributed by atoms with Crippen molar-refractivity contribution >= 4 is 23.5 Å². The summed E-state index contributed by atoms with van der Waals surface area (Å²) in [5, 5.41) is 4.71. The number of urea groups is 1. The lowest BCUT2D eigenvalue weighted by Gasteiger charge is -2.30. The van der Waals surface area contributed by atoms with E-state index in [0.29, 0.717) is 16.8 Å². The fraction of sp³-hybridized carbons (Fsp3) is 0.250. The van der Waals surface area contributed by atoms with Crippen molar-refractivity contribution in [2.75, 3.05) is 5.32 Å². The highest BCUT2D eigenvalue weighted by atomic mass is 16.2. The minimum absolute atomic E-state index is 0.365. The summed E-state index contributed by atoms with van der Waals surface area (Å²) in [6, 6.07) is 4.02. The molecule has 1 aliphatic heterocycles. The van der Waals surface area contributed by atoms with Crippen LogP contribution in [-0.2, 0) is 10.2 Å². The zero-order chi connectivity index (χ0) is 13.5. The largest absolute Gasteiger partial charge is 0.351 e. The van der Waals surface area contributed by atoms with E-state index >= 15 is 0 Å². The number of imide groups is 1. The van der Waals surface area contributed by atoms with Gasteiger partial charge in [-0.25, -0.2) is 4.79 Å². The summed E-state index contributed by atoms with van der Waals surface area (Å²) in [4.78, 5) is 34.2. The minimum atomic E-state index is -0.835. The molecule has 6 nitrogen and oxygen atoms in total. The van der Waals surface area contributed by atoms with E-state index in [0.717, 1.165) is 0 Å². The van der Waals surface area contributed by atoms with Gasteiger partial charge in [-0.3, -0.25) is 14.9 Å². The summed E-state index contributed by atoms with van der Waals surface area (Å²) in [7, 11) is 0.